The highest BCUT2D eigenvalue weighted by molar-refractivity contribution is 9.10. The first-order chi connectivity index (χ1) is 13.3. The van der Waals surface area contributed by atoms with Gasteiger partial charge in [0.25, 0.3) is 5.91 Å². The number of phenolic OH excluding ortho intramolecular Hbond substituents is 1. The molecular weight excluding hydrogens is 452 g/mol. The number of hydrazone groups is 1. The first-order valence-electron chi connectivity index (χ1n) is 7.80. The molecule has 0 radical (unpaired) electrons. The van der Waals surface area contributed by atoms with Gasteiger partial charge in [0.1, 0.15) is 17.3 Å². The second-order valence-corrected chi connectivity index (χ2v) is 6.89. The van der Waals surface area contributed by atoms with E-state index in [1.54, 1.807) is 24.3 Å². The van der Waals surface area contributed by atoms with E-state index in [0.29, 0.717) is 21.6 Å². The van der Waals surface area contributed by atoms with Crippen molar-refractivity contribution >= 4 is 45.6 Å². The molecule has 2 aromatic carbocycles. The van der Waals surface area contributed by atoms with Gasteiger partial charge in [0, 0.05) is 10.0 Å². The fourth-order valence-electron chi connectivity index (χ4n) is 2.32. The number of furan rings is 1. The highest BCUT2D eigenvalue weighted by Crippen LogP contribution is 2.27. The molecule has 1 aromatic heterocycles. The molecule has 1 heterocycles. The van der Waals surface area contributed by atoms with Gasteiger partial charge in [0.2, 0.25) is 0 Å². The van der Waals surface area contributed by atoms with Crippen LogP contribution in [0.2, 0.25) is 5.02 Å². The van der Waals surface area contributed by atoms with Crippen LogP contribution in [0.25, 0.3) is 11.3 Å². The monoisotopic (exact) mass is 462 g/mol. The summed E-state index contributed by atoms with van der Waals surface area (Å²) in [7, 11) is 0. The van der Waals surface area contributed by atoms with Crippen LogP contribution >= 0.6 is 27.5 Å². The molecule has 3 aromatic rings. The molecule has 0 unspecified atom stereocenters. The van der Waals surface area contributed by atoms with Gasteiger partial charge in [-0.15, -0.1) is 0 Å². The van der Waals surface area contributed by atoms with Gasteiger partial charge < -0.3 is 14.6 Å². The maximum absolute atomic E-state index is 12.1. The van der Waals surface area contributed by atoms with Crippen molar-refractivity contribution in [2.45, 2.75) is 0 Å². The zero-order valence-electron chi connectivity index (χ0n) is 14.0. The van der Waals surface area contributed by atoms with E-state index in [1.807, 2.05) is 0 Å². The molecule has 142 valence electrons. The van der Waals surface area contributed by atoms with Gasteiger partial charge in [-0.2, -0.15) is 5.10 Å². The Labute approximate surface area is 172 Å². The van der Waals surface area contributed by atoms with E-state index in [2.05, 4.69) is 26.5 Å². The van der Waals surface area contributed by atoms with Crippen LogP contribution in [-0.2, 0) is 0 Å². The molecule has 1 amide bonds. The number of hydrogen-bond acceptors (Lipinski definition) is 5. The third-order valence-corrected chi connectivity index (χ3v) is 4.48. The first-order valence-corrected chi connectivity index (χ1v) is 8.97. The van der Waals surface area contributed by atoms with Gasteiger partial charge in [-0.05, 0) is 42.5 Å². The van der Waals surface area contributed by atoms with Crippen molar-refractivity contribution in [2.24, 2.45) is 5.10 Å². The minimum Gasteiger partial charge on any atom is -0.507 e. The van der Waals surface area contributed by atoms with Gasteiger partial charge in [0.15, 0.2) is 0 Å². The van der Waals surface area contributed by atoms with Crippen molar-refractivity contribution in [1.82, 2.24) is 5.43 Å². The fraction of sp³-hybridized carbons (Fsp3) is 0. The Bertz CT molecular complexity index is 1090. The summed E-state index contributed by atoms with van der Waals surface area (Å²) >= 11 is 9.19. The Morgan fingerprint density at radius 3 is 2.61 bits per heavy atom. The maximum Gasteiger partial charge on any atom is 0.337 e. The molecule has 28 heavy (non-hydrogen) atoms. The average molecular weight is 464 g/mol. The second-order valence-electron chi connectivity index (χ2n) is 5.56. The predicted octanol–water partition coefficient (Wildman–Crippen LogP) is 4.53. The molecular formula is C19H12BrClN2O5. The molecule has 0 atom stereocenters. The summed E-state index contributed by atoms with van der Waals surface area (Å²) in [4.78, 5) is 23.1. The molecule has 3 rings (SSSR count). The van der Waals surface area contributed by atoms with Crippen LogP contribution in [-0.4, -0.2) is 28.3 Å². The molecule has 0 aliphatic rings. The molecule has 0 saturated carbocycles. The lowest BCUT2D eigenvalue weighted by molar-refractivity contribution is 0.0696. The van der Waals surface area contributed by atoms with Crippen molar-refractivity contribution in [3.8, 4) is 17.1 Å². The van der Waals surface area contributed by atoms with Crippen molar-refractivity contribution in [3.63, 3.8) is 0 Å². The number of aromatic hydroxyl groups is 1. The fourth-order valence-corrected chi connectivity index (χ4v) is 2.95. The number of hydrogen-bond donors (Lipinski definition) is 3. The van der Waals surface area contributed by atoms with E-state index < -0.39 is 11.9 Å². The lowest BCUT2D eigenvalue weighted by Gasteiger charge is -2.03. The lowest BCUT2D eigenvalue weighted by Crippen LogP contribution is -2.17. The van der Waals surface area contributed by atoms with Gasteiger partial charge in [-0.25, -0.2) is 10.2 Å². The largest absolute Gasteiger partial charge is 0.507 e. The minimum absolute atomic E-state index is 0.00253. The quantitative estimate of drug-likeness (QED) is 0.380. The summed E-state index contributed by atoms with van der Waals surface area (Å²) in [6, 6.07) is 12.2. The Kier molecular flexibility index (Phi) is 5.81. The summed E-state index contributed by atoms with van der Waals surface area (Å²) in [5, 5.41) is 22.6. The van der Waals surface area contributed by atoms with E-state index in [-0.39, 0.29) is 21.9 Å². The standard InChI is InChI=1S/C19H12BrClN2O5/c20-11-2-5-16(24)14(8-11)18(25)23-22-9-12-3-6-17(28-12)10-1-4-13(19(26)27)15(21)7-10/h1-9,24H,(H,23,25)(H,26,27)/b22-9+. The number of nitrogens with one attached hydrogen (secondary N) is 1. The molecule has 0 aliphatic carbocycles. The number of carboxylic acid groups (broad SMARTS) is 1. The number of rotatable bonds is 5. The topological polar surface area (TPSA) is 112 Å². The lowest BCUT2D eigenvalue weighted by atomic mass is 10.1. The number of phenols is 1. The molecule has 0 aliphatic heterocycles. The predicted molar refractivity (Wildman–Crippen MR) is 107 cm³/mol. The number of aromatic carboxylic acids is 1. The maximum atomic E-state index is 12.1. The first kappa shape index (κ1) is 19.7. The highest BCUT2D eigenvalue weighted by Gasteiger charge is 2.12. The SMILES string of the molecule is O=C(N/N=C/c1ccc(-c2ccc(C(=O)O)c(Cl)c2)o1)c1cc(Br)ccc1O. The Morgan fingerprint density at radius 1 is 1.11 bits per heavy atom. The molecule has 0 fully saturated rings. The van der Waals surface area contributed by atoms with Crippen LogP contribution < -0.4 is 5.43 Å². The normalized spacial score (nSPS) is 10.9. The van der Waals surface area contributed by atoms with Crippen molar-refractivity contribution in [2.75, 3.05) is 0 Å². The number of nitrogens with zero attached hydrogens (tertiary/aromatic N) is 1. The Morgan fingerprint density at radius 2 is 1.89 bits per heavy atom. The van der Waals surface area contributed by atoms with E-state index in [0.717, 1.165) is 0 Å². The van der Waals surface area contributed by atoms with E-state index in [4.69, 9.17) is 21.1 Å². The van der Waals surface area contributed by atoms with Crippen LogP contribution in [0, 0.1) is 0 Å². The summed E-state index contributed by atoms with van der Waals surface area (Å²) in [6.07, 6.45) is 1.30. The van der Waals surface area contributed by atoms with Gasteiger partial charge in [0.05, 0.1) is 22.4 Å². The molecule has 9 heteroatoms. The number of carbonyl (C=O) groups is 2. The van der Waals surface area contributed by atoms with Crippen molar-refractivity contribution < 1.29 is 24.2 Å². The van der Waals surface area contributed by atoms with Crippen molar-refractivity contribution in [1.29, 1.82) is 0 Å². The Balaban J connectivity index is 1.71. The van der Waals surface area contributed by atoms with Crippen LogP contribution in [0.15, 0.2) is 62.5 Å². The summed E-state index contributed by atoms with van der Waals surface area (Å²) in [5.74, 6) is -1.06. The van der Waals surface area contributed by atoms with Gasteiger partial charge in [-0.1, -0.05) is 33.6 Å². The van der Waals surface area contributed by atoms with E-state index in [1.165, 1.54) is 30.5 Å². The van der Waals surface area contributed by atoms with Gasteiger partial charge in [-0.3, -0.25) is 4.79 Å². The number of amides is 1. The van der Waals surface area contributed by atoms with Crippen LogP contribution in [0.1, 0.15) is 26.5 Å². The highest BCUT2D eigenvalue weighted by atomic mass is 79.9. The number of carboxylic acids is 1. The summed E-state index contributed by atoms with van der Waals surface area (Å²) in [5.41, 5.74) is 2.96. The molecule has 0 spiro atoms. The average Bonchev–Trinajstić information content (AvgIpc) is 3.12. The second kappa shape index (κ2) is 8.28. The Hall–Kier alpha value is -3.10. The van der Waals surface area contributed by atoms with Crippen LogP contribution in [0.5, 0.6) is 5.75 Å². The molecule has 0 bridgehead atoms. The van der Waals surface area contributed by atoms with Gasteiger partial charge >= 0.3 is 5.97 Å². The van der Waals surface area contributed by atoms with Crippen molar-refractivity contribution in [3.05, 3.63) is 74.9 Å². The summed E-state index contributed by atoms with van der Waals surface area (Å²) < 4.78 is 6.23. The van der Waals surface area contributed by atoms with Crippen LogP contribution in [0.4, 0.5) is 0 Å². The minimum atomic E-state index is -1.11. The number of carbonyl (C=O) groups excluding carboxylic acids is 1. The smallest absolute Gasteiger partial charge is 0.337 e. The third-order valence-electron chi connectivity index (χ3n) is 3.67. The number of benzene rings is 2. The molecule has 7 nitrogen and oxygen atoms in total. The third kappa shape index (κ3) is 4.41. The van der Waals surface area contributed by atoms with E-state index in [9.17, 15) is 14.7 Å². The zero-order valence-corrected chi connectivity index (χ0v) is 16.4. The molecule has 3 N–H and O–H groups in total. The van der Waals surface area contributed by atoms with E-state index >= 15 is 0 Å². The number of halogens is 2. The van der Waals surface area contributed by atoms with Crippen LogP contribution in [0.3, 0.4) is 0 Å². The molecule has 0 saturated heterocycles. The zero-order chi connectivity index (χ0) is 20.3. The summed E-state index contributed by atoms with van der Waals surface area (Å²) in [6.45, 7) is 0.